The zero-order valence-electron chi connectivity index (χ0n) is 10.2. The van der Waals surface area contributed by atoms with Gasteiger partial charge in [0.1, 0.15) is 0 Å². The second kappa shape index (κ2) is 8.64. The van der Waals surface area contributed by atoms with Crippen LogP contribution in [0.1, 0.15) is 18.9 Å². The summed E-state index contributed by atoms with van der Waals surface area (Å²) < 4.78 is 6.51. The van der Waals surface area contributed by atoms with Gasteiger partial charge in [-0.05, 0) is 24.6 Å². The number of ether oxygens (including phenoxy) is 1. The van der Waals surface area contributed by atoms with Crippen molar-refractivity contribution in [1.82, 2.24) is 5.32 Å². The summed E-state index contributed by atoms with van der Waals surface area (Å²) in [5, 5.41) is 12.8. The van der Waals surface area contributed by atoms with Gasteiger partial charge >= 0.3 is 0 Å². The van der Waals surface area contributed by atoms with Crippen molar-refractivity contribution in [2.75, 3.05) is 19.7 Å². The molecule has 0 aliphatic rings. The van der Waals surface area contributed by atoms with E-state index in [4.69, 9.17) is 4.74 Å². The fourth-order valence-electron chi connectivity index (χ4n) is 1.42. The second-order valence-corrected chi connectivity index (χ2v) is 4.82. The van der Waals surface area contributed by atoms with Gasteiger partial charge in [0, 0.05) is 11.0 Å². The third-order valence-corrected chi connectivity index (χ3v) is 3.11. The number of hydrogen-bond acceptors (Lipinski definition) is 3. The summed E-state index contributed by atoms with van der Waals surface area (Å²) in [6.07, 6.45) is 0.633. The van der Waals surface area contributed by atoms with Crippen molar-refractivity contribution in [2.24, 2.45) is 0 Å². The van der Waals surface area contributed by atoms with Gasteiger partial charge in [-0.15, -0.1) is 0 Å². The molecule has 0 radical (unpaired) electrons. The summed E-state index contributed by atoms with van der Waals surface area (Å²) >= 11 is 3.46. The lowest BCUT2D eigenvalue weighted by atomic mass is 10.2. The molecule has 1 atom stereocenters. The first-order chi connectivity index (χ1) is 8.24. The first-order valence-corrected chi connectivity index (χ1v) is 6.73. The van der Waals surface area contributed by atoms with Gasteiger partial charge in [-0.25, -0.2) is 0 Å². The fraction of sp³-hybridized carbons (Fsp3) is 0.538. The van der Waals surface area contributed by atoms with Crippen LogP contribution in [0.25, 0.3) is 0 Å². The smallest absolute Gasteiger partial charge is 0.0897 e. The highest BCUT2D eigenvalue weighted by Crippen LogP contribution is 2.16. The highest BCUT2D eigenvalue weighted by molar-refractivity contribution is 9.10. The summed E-state index contributed by atoms with van der Waals surface area (Å²) in [4.78, 5) is 0. The predicted octanol–water partition coefficient (Wildman–Crippen LogP) is 2.33. The van der Waals surface area contributed by atoms with Gasteiger partial charge in [0.25, 0.3) is 0 Å². The van der Waals surface area contributed by atoms with E-state index in [9.17, 15) is 5.11 Å². The number of halogens is 1. The molecule has 4 heteroatoms. The quantitative estimate of drug-likeness (QED) is 0.724. The van der Waals surface area contributed by atoms with Gasteiger partial charge in [0.2, 0.25) is 0 Å². The van der Waals surface area contributed by atoms with Crippen molar-refractivity contribution < 1.29 is 9.84 Å². The molecule has 0 amide bonds. The minimum absolute atomic E-state index is 0.359. The molecular weight excluding hydrogens is 282 g/mol. The fourth-order valence-corrected chi connectivity index (χ4v) is 1.82. The normalized spacial score (nSPS) is 12.6. The lowest BCUT2D eigenvalue weighted by molar-refractivity contribution is 0.0288. The number of benzene rings is 1. The van der Waals surface area contributed by atoms with Crippen molar-refractivity contribution in [3.8, 4) is 0 Å². The first-order valence-electron chi connectivity index (χ1n) is 5.94. The van der Waals surface area contributed by atoms with Crippen LogP contribution in [0.3, 0.4) is 0 Å². The molecular formula is C13H20BrNO2. The summed E-state index contributed by atoms with van der Waals surface area (Å²) in [6, 6.07) is 7.93. The maximum atomic E-state index is 9.62. The Morgan fingerprint density at radius 2 is 2.18 bits per heavy atom. The van der Waals surface area contributed by atoms with Gasteiger partial charge < -0.3 is 15.2 Å². The largest absolute Gasteiger partial charge is 0.389 e. The summed E-state index contributed by atoms with van der Waals surface area (Å²) in [5.41, 5.74) is 1.10. The van der Waals surface area contributed by atoms with Crippen LogP contribution in [0, 0.1) is 0 Å². The van der Waals surface area contributed by atoms with Crippen molar-refractivity contribution in [3.63, 3.8) is 0 Å². The molecule has 0 fully saturated rings. The van der Waals surface area contributed by atoms with E-state index in [1.165, 1.54) is 0 Å². The Hall–Kier alpha value is -0.420. The van der Waals surface area contributed by atoms with E-state index in [2.05, 4.69) is 28.2 Å². The molecule has 0 heterocycles. The lowest BCUT2D eigenvalue weighted by Gasteiger charge is -2.12. The number of aliphatic hydroxyl groups is 1. The predicted molar refractivity (Wildman–Crippen MR) is 73.0 cm³/mol. The Bertz CT molecular complexity index is 320. The molecule has 0 aromatic heterocycles. The molecule has 17 heavy (non-hydrogen) atoms. The molecule has 1 rings (SSSR count). The van der Waals surface area contributed by atoms with Crippen LogP contribution in [-0.2, 0) is 11.3 Å². The van der Waals surface area contributed by atoms with E-state index in [1.807, 2.05) is 24.3 Å². The Morgan fingerprint density at radius 1 is 1.41 bits per heavy atom. The molecule has 0 saturated heterocycles. The average Bonchev–Trinajstić information content (AvgIpc) is 2.32. The average molecular weight is 302 g/mol. The van der Waals surface area contributed by atoms with Crippen LogP contribution >= 0.6 is 15.9 Å². The second-order valence-electron chi connectivity index (χ2n) is 3.96. The number of nitrogens with one attached hydrogen (secondary N) is 1. The van der Waals surface area contributed by atoms with Crippen LogP contribution in [0.4, 0.5) is 0 Å². The molecule has 1 unspecified atom stereocenters. The maximum Gasteiger partial charge on any atom is 0.0897 e. The van der Waals surface area contributed by atoms with E-state index in [0.717, 1.165) is 23.0 Å². The van der Waals surface area contributed by atoms with Gasteiger partial charge in [0.05, 0.1) is 19.3 Å². The SMILES string of the molecule is CCCNCC(O)COCc1ccccc1Br. The molecule has 2 N–H and O–H groups in total. The third kappa shape index (κ3) is 6.17. The van der Waals surface area contributed by atoms with Crippen LogP contribution in [-0.4, -0.2) is 30.9 Å². The highest BCUT2D eigenvalue weighted by atomic mass is 79.9. The van der Waals surface area contributed by atoms with E-state index in [-0.39, 0.29) is 0 Å². The number of rotatable bonds is 8. The van der Waals surface area contributed by atoms with Gasteiger partial charge in [-0.1, -0.05) is 41.1 Å². The van der Waals surface area contributed by atoms with Crippen LogP contribution in [0.15, 0.2) is 28.7 Å². The Balaban J connectivity index is 2.17. The van der Waals surface area contributed by atoms with Gasteiger partial charge in [0.15, 0.2) is 0 Å². The summed E-state index contributed by atoms with van der Waals surface area (Å²) in [5.74, 6) is 0. The zero-order chi connectivity index (χ0) is 12.5. The number of hydrogen-bond donors (Lipinski definition) is 2. The summed E-state index contributed by atoms with van der Waals surface area (Å²) in [6.45, 7) is 4.50. The van der Waals surface area contributed by atoms with Gasteiger partial charge in [-0.3, -0.25) is 0 Å². The molecule has 0 aliphatic carbocycles. The van der Waals surface area contributed by atoms with Crippen LogP contribution < -0.4 is 5.32 Å². The van der Waals surface area contributed by atoms with E-state index >= 15 is 0 Å². The zero-order valence-corrected chi connectivity index (χ0v) is 11.7. The molecule has 96 valence electrons. The molecule has 0 saturated carbocycles. The summed E-state index contributed by atoms with van der Waals surface area (Å²) in [7, 11) is 0. The number of aliphatic hydroxyl groups excluding tert-OH is 1. The van der Waals surface area contributed by atoms with Crippen molar-refractivity contribution in [3.05, 3.63) is 34.3 Å². The topological polar surface area (TPSA) is 41.5 Å². The maximum absolute atomic E-state index is 9.62. The molecule has 3 nitrogen and oxygen atoms in total. The molecule has 1 aromatic rings. The highest BCUT2D eigenvalue weighted by Gasteiger charge is 2.04. The van der Waals surface area contributed by atoms with Crippen LogP contribution in [0.2, 0.25) is 0 Å². The van der Waals surface area contributed by atoms with E-state index < -0.39 is 6.10 Å². The van der Waals surface area contributed by atoms with Crippen molar-refractivity contribution >= 4 is 15.9 Å². The third-order valence-electron chi connectivity index (χ3n) is 2.33. The molecule has 0 bridgehead atoms. The van der Waals surface area contributed by atoms with Crippen molar-refractivity contribution in [2.45, 2.75) is 26.1 Å². The minimum atomic E-state index is -0.441. The standard InChI is InChI=1S/C13H20BrNO2/c1-2-7-15-8-12(16)10-17-9-11-5-3-4-6-13(11)14/h3-6,12,15-16H,2,7-10H2,1H3. The molecule has 0 aliphatic heterocycles. The van der Waals surface area contributed by atoms with Crippen molar-refractivity contribution in [1.29, 1.82) is 0 Å². The van der Waals surface area contributed by atoms with E-state index in [1.54, 1.807) is 0 Å². The Labute approximate surface area is 111 Å². The monoisotopic (exact) mass is 301 g/mol. The van der Waals surface area contributed by atoms with Crippen LogP contribution in [0.5, 0.6) is 0 Å². The Kier molecular flexibility index (Phi) is 7.44. The minimum Gasteiger partial charge on any atom is -0.389 e. The first kappa shape index (κ1) is 14.6. The molecule has 0 spiro atoms. The Morgan fingerprint density at radius 3 is 2.88 bits per heavy atom. The molecule has 1 aromatic carbocycles. The van der Waals surface area contributed by atoms with Gasteiger partial charge in [-0.2, -0.15) is 0 Å². The lowest BCUT2D eigenvalue weighted by Crippen LogP contribution is -2.30. The van der Waals surface area contributed by atoms with E-state index in [0.29, 0.717) is 19.8 Å².